The normalized spacial score (nSPS) is 9.47. The van der Waals surface area contributed by atoms with Gasteiger partial charge in [-0.3, -0.25) is 0 Å². The molecular formula is C10H7BrClNO2. The molecule has 0 unspecified atom stereocenters. The van der Waals surface area contributed by atoms with E-state index in [1.54, 1.807) is 13.0 Å². The van der Waals surface area contributed by atoms with E-state index >= 15 is 0 Å². The molecule has 0 aliphatic heterocycles. The maximum absolute atomic E-state index is 11.5. The molecule has 3 nitrogen and oxygen atoms in total. The SMILES string of the molecule is CCOC(=O)c1cc(Br)cc(Cl)c1C#N. The summed E-state index contributed by atoms with van der Waals surface area (Å²) in [6.07, 6.45) is 0. The van der Waals surface area contributed by atoms with Crippen LogP contribution in [0.2, 0.25) is 5.02 Å². The number of carbonyl (C=O) groups is 1. The lowest BCUT2D eigenvalue weighted by Gasteiger charge is -2.05. The van der Waals surface area contributed by atoms with Crippen molar-refractivity contribution in [1.82, 2.24) is 0 Å². The van der Waals surface area contributed by atoms with Gasteiger partial charge in [0.25, 0.3) is 0 Å². The molecule has 1 aromatic rings. The van der Waals surface area contributed by atoms with Gasteiger partial charge in [-0.15, -0.1) is 0 Å². The summed E-state index contributed by atoms with van der Waals surface area (Å²) >= 11 is 9.01. The second-order valence-electron chi connectivity index (χ2n) is 2.64. The highest BCUT2D eigenvalue weighted by Gasteiger charge is 2.16. The summed E-state index contributed by atoms with van der Waals surface area (Å²) in [5.74, 6) is -0.544. The second-order valence-corrected chi connectivity index (χ2v) is 3.97. The highest BCUT2D eigenvalue weighted by atomic mass is 79.9. The molecule has 1 aromatic carbocycles. The maximum Gasteiger partial charge on any atom is 0.339 e. The summed E-state index contributed by atoms with van der Waals surface area (Å²) in [4.78, 5) is 11.5. The number of hydrogen-bond acceptors (Lipinski definition) is 3. The number of nitriles is 1. The fourth-order valence-electron chi connectivity index (χ4n) is 1.06. The van der Waals surface area contributed by atoms with Crippen LogP contribution in [-0.4, -0.2) is 12.6 Å². The number of rotatable bonds is 2. The summed E-state index contributed by atoms with van der Waals surface area (Å²) < 4.78 is 5.44. The zero-order chi connectivity index (χ0) is 11.4. The zero-order valence-electron chi connectivity index (χ0n) is 7.88. The maximum atomic E-state index is 11.5. The van der Waals surface area contributed by atoms with Crippen molar-refractivity contribution < 1.29 is 9.53 Å². The third kappa shape index (κ3) is 2.71. The number of ether oxygens (including phenoxy) is 1. The Labute approximate surface area is 101 Å². The van der Waals surface area contributed by atoms with Gasteiger partial charge in [-0.1, -0.05) is 27.5 Å². The fourth-order valence-corrected chi connectivity index (χ4v) is 1.91. The molecule has 78 valence electrons. The molecule has 0 atom stereocenters. The van der Waals surface area contributed by atoms with E-state index in [9.17, 15) is 4.79 Å². The molecule has 0 spiro atoms. The van der Waals surface area contributed by atoms with Crippen LogP contribution in [-0.2, 0) is 4.74 Å². The molecule has 0 amide bonds. The summed E-state index contributed by atoms with van der Waals surface area (Å²) in [6, 6.07) is 4.95. The Balaban J connectivity index is 3.28. The first-order valence-electron chi connectivity index (χ1n) is 4.16. The Morgan fingerprint density at radius 3 is 2.87 bits per heavy atom. The smallest absolute Gasteiger partial charge is 0.339 e. The molecule has 1 rings (SSSR count). The van der Waals surface area contributed by atoms with Gasteiger partial charge in [-0.2, -0.15) is 5.26 Å². The van der Waals surface area contributed by atoms with E-state index < -0.39 is 5.97 Å². The Bertz CT molecular complexity index is 440. The van der Waals surface area contributed by atoms with E-state index in [-0.39, 0.29) is 22.8 Å². The van der Waals surface area contributed by atoms with E-state index in [0.717, 1.165) is 0 Å². The van der Waals surface area contributed by atoms with Crippen LogP contribution in [0.5, 0.6) is 0 Å². The van der Waals surface area contributed by atoms with Crippen molar-refractivity contribution in [3.05, 3.63) is 32.8 Å². The first kappa shape index (κ1) is 12.0. The lowest BCUT2D eigenvalue weighted by Crippen LogP contribution is -2.07. The van der Waals surface area contributed by atoms with Crippen LogP contribution in [0.4, 0.5) is 0 Å². The molecule has 15 heavy (non-hydrogen) atoms. The molecule has 0 saturated carbocycles. The summed E-state index contributed by atoms with van der Waals surface area (Å²) in [6.45, 7) is 1.96. The van der Waals surface area contributed by atoms with Gasteiger partial charge in [-0.05, 0) is 19.1 Å². The van der Waals surface area contributed by atoms with Crippen molar-refractivity contribution in [2.45, 2.75) is 6.92 Å². The summed E-state index contributed by atoms with van der Waals surface area (Å²) in [5.41, 5.74) is 0.317. The minimum Gasteiger partial charge on any atom is -0.462 e. The largest absolute Gasteiger partial charge is 0.462 e. The molecule has 5 heteroatoms. The van der Waals surface area contributed by atoms with Crippen LogP contribution in [0.15, 0.2) is 16.6 Å². The van der Waals surface area contributed by atoms with Crippen molar-refractivity contribution in [2.24, 2.45) is 0 Å². The van der Waals surface area contributed by atoms with Crippen LogP contribution in [0.1, 0.15) is 22.8 Å². The topological polar surface area (TPSA) is 50.1 Å². The molecule has 0 aromatic heterocycles. The van der Waals surface area contributed by atoms with Crippen molar-refractivity contribution in [2.75, 3.05) is 6.61 Å². The number of esters is 1. The molecule has 0 heterocycles. The van der Waals surface area contributed by atoms with Gasteiger partial charge in [0.05, 0.1) is 22.8 Å². The molecule has 0 radical (unpaired) electrons. The highest BCUT2D eigenvalue weighted by Crippen LogP contribution is 2.25. The van der Waals surface area contributed by atoms with E-state index in [1.807, 2.05) is 6.07 Å². The van der Waals surface area contributed by atoms with Crippen molar-refractivity contribution in [3.8, 4) is 6.07 Å². The third-order valence-electron chi connectivity index (χ3n) is 1.66. The van der Waals surface area contributed by atoms with Crippen molar-refractivity contribution in [1.29, 1.82) is 5.26 Å². The molecule has 0 aliphatic carbocycles. The lowest BCUT2D eigenvalue weighted by molar-refractivity contribution is 0.0526. The number of halogens is 2. The third-order valence-corrected chi connectivity index (χ3v) is 2.42. The zero-order valence-corrected chi connectivity index (χ0v) is 10.2. The first-order valence-corrected chi connectivity index (χ1v) is 5.33. The lowest BCUT2D eigenvalue weighted by atomic mass is 10.1. The van der Waals surface area contributed by atoms with E-state index in [0.29, 0.717) is 4.47 Å². The van der Waals surface area contributed by atoms with E-state index in [2.05, 4.69) is 15.9 Å². The van der Waals surface area contributed by atoms with Gasteiger partial charge in [0.2, 0.25) is 0 Å². The molecular weight excluding hydrogens is 281 g/mol. The van der Waals surface area contributed by atoms with Crippen molar-refractivity contribution in [3.63, 3.8) is 0 Å². The molecule has 0 aliphatic rings. The highest BCUT2D eigenvalue weighted by molar-refractivity contribution is 9.10. The second kappa shape index (κ2) is 5.15. The predicted octanol–water partition coefficient (Wildman–Crippen LogP) is 3.15. The van der Waals surface area contributed by atoms with Gasteiger partial charge in [-0.25, -0.2) is 4.79 Å². The molecule has 0 fully saturated rings. The van der Waals surface area contributed by atoms with Gasteiger partial charge >= 0.3 is 5.97 Å². The molecule has 0 saturated heterocycles. The standard InChI is InChI=1S/C10H7BrClNO2/c1-2-15-10(14)7-3-6(11)4-9(12)8(7)5-13/h3-4H,2H2,1H3. The summed E-state index contributed by atoms with van der Waals surface area (Å²) in [5, 5.41) is 9.08. The minimum absolute atomic E-state index is 0.137. The molecule has 0 N–H and O–H groups in total. The van der Waals surface area contributed by atoms with Crippen molar-refractivity contribution >= 4 is 33.5 Å². The Morgan fingerprint density at radius 2 is 2.33 bits per heavy atom. The Morgan fingerprint density at radius 1 is 1.67 bits per heavy atom. The summed E-state index contributed by atoms with van der Waals surface area (Å²) in [7, 11) is 0. The number of nitrogens with zero attached hydrogens (tertiary/aromatic N) is 1. The van der Waals surface area contributed by atoms with Crippen LogP contribution in [0, 0.1) is 11.3 Å². The monoisotopic (exact) mass is 287 g/mol. The van der Waals surface area contributed by atoms with Crippen LogP contribution in [0.3, 0.4) is 0 Å². The quantitative estimate of drug-likeness (QED) is 0.786. The minimum atomic E-state index is -0.544. The van der Waals surface area contributed by atoms with E-state index in [1.165, 1.54) is 6.07 Å². The first-order chi connectivity index (χ1) is 7.10. The Hall–Kier alpha value is -1.05. The van der Waals surface area contributed by atoms with Crippen LogP contribution < -0.4 is 0 Å². The predicted molar refractivity (Wildman–Crippen MR) is 59.8 cm³/mol. The van der Waals surface area contributed by atoms with Gasteiger partial charge < -0.3 is 4.74 Å². The number of benzene rings is 1. The number of carbonyl (C=O) groups excluding carboxylic acids is 1. The average Bonchev–Trinajstić information content (AvgIpc) is 2.17. The fraction of sp³-hybridized carbons (Fsp3) is 0.200. The van der Waals surface area contributed by atoms with E-state index in [4.69, 9.17) is 21.6 Å². The van der Waals surface area contributed by atoms with Crippen LogP contribution >= 0.6 is 27.5 Å². The van der Waals surface area contributed by atoms with Gasteiger partial charge in [0.15, 0.2) is 0 Å². The molecule has 0 bridgehead atoms. The van der Waals surface area contributed by atoms with Gasteiger partial charge in [0, 0.05) is 4.47 Å². The average molecular weight is 289 g/mol. The Kier molecular flexibility index (Phi) is 4.13. The van der Waals surface area contributed by atoms with Gasteiger partial charge in [0.1, 0.15) is 6.07 Å². The van der Waals surface area contributed by atoms with Crippen LogP contribution in [0.25, 0.3) is 0 Å². The number of hydrogen-bond donors (Lipinski definition) is 0.